The molecule has 0 saturated carbocycles. The molecule has 0 aromatic heterocycles. The van der Waals surface area contributed by atoms with Crippen LogP contribution in [0.4, 0.5) is 5.69 Å². The van der Waals surface area contributed by atoms with Gasteiger partial charge in [0.05, 0.1) is 19.3 Å². The molecular weight excluding hydrogens is 416 g/mol. The lowest BCUT2D eigenvalue weighted by Gasteiger charge is -2.26. The Kier molecular flexibility index (Phi) is 8.08. The van der Waals surface area contributed by atoms with Crippen LogP contribution < -0.4 is 14.8 Å². The minimum Gasteiger partial charge on any atom is -0.490 e. The van der Waals surface area contributed by atoms with E-state index >= 15 is 0 Å². The monoisotopic (exact) mass is 446 g/mol. The van der Waals surface area contributed by atoms with E-state index in [0.717, 1.165) is 5.56 Å². The van der Waals surface area contributed by atoms with Crippen LogP contribution in [0, 0.1) is 0 Å². The molecule has 172 valence electrons. The lowest BCUT2D eigenvalue weighted by Crippen LogP contribution is -2.29. The minimum absolute atomic E-state index is 0.134. The fraction of sp³-hybridized carbons (Fsp3) is 0.259. The van der Waals surface area contributed by atoms with Crippen LogP contribution in [-0.4, -0.2) is 37.0 Å². The number of nitrogens with zero attached hydrogens (tertiary/aromatic N) is 1. The summed E-state index contributed by atoms with van der Waals surface area (Å²) in [4.78, 5) is 27.3. The van der Waals surface area contributed by atoms with Crippen LogP contribution >= 0.6 is 0 Å². The number of anilines is 1. The van der Waals surface area contributed by atoms with Crippen LogP contribution in [0.25, 0.3) is 0 Å². The summed E-state index contributed by atoms with van der Waals surface area (Å²) in [5.41, 5.74) is 2.69. The molecule has 6 heteroatoms. The highest BCUT2D eigenvalue weighted by atomic mass is 16.5. The molecule has 3 aromatic rings. The van der Waals surface area contributed by atoms with Gasteiger partial charge in [0.15, 0.2) is 11.5 Å². The number of hydrogen-bond donors (Lipinski definition) is 1. The quantitative estimate of drug-likeness (QED) is 0.467. The summed E-state index contributed by atoms with van der Waals surface area (Å²) in [7, 11) is 1.76. The lowest BCUT2D eigenvalue weighted by molar-refractivity contribution is 0.0741. The van der Waals surface area contributed by atoms with Gasteiger partial charge in [0, 0.05) is 23.9 Å². The summed E-state index contributed by atoms with van der Waals surface area (Å²) in [6.45, 7) is 6.74. The van der Waals surface area contributed by atoms with E-state index in [9.17, 15) is 9.59 Å². The average Bonchev–Trinajstić information content (AvgIpc) is 2.84. The molecule has 0 radical (unpaired) electrons. The first kappa shape index (κ1) is 23.9. The van der Waals surface area contributed by atoms with Gasteiger partial charge in [0.1, 0.15) is 0 Å². The number of benzene rings is 3. The summed E-state index contributed by atoms with van der Waals surface area (Å²) in [6.07, 6.45) is 0. The maximum Gasteiger partial charge on any atom is 0.255 e. The molecule has 1 atom stereocenters. The van der Waals surface area contributed by atoms with E-state index in [0.29, 0.717) is 41.5 Å². The molecule has 3 aromatic carbocycles. The number of carbonyl (C=O) groups excluding carboxylic acids is 2. The van der Waals surface area contributed by atoms with Crippen molar-refractivity contribution in [1.82, 2.24) is 4.90 Å². The molecule has 0 fully saturated rings. The molecule has 1 unspecified atom stereocenters. The normalized spacial score (nSPS) is 11.4. The second kappa shape index (κ2) is 11.2. The van der Waals surface area contributed by atoms with Crippen molar-refractivity contribution in [2.24, 2.45) is 0 Å². The van der Waals surface area contributed by atoms with Crippen molar-refractivity contribution in [1.29, 1.82) is 0 Å². The third-order valence-electron chi connectivity index (χ3n) is 5.35. The van der Waals surface area contributed by atoms with Gasteiger partial charge in [0.25, 0.3) is 11.8 Å². The highest BCUT2D eigenvalue weighted by Gasteiger charge is 2.21. The first-order chi connectivity index (χ1) is 15.9. The fourth-order valence-corrected chi connectivity index (χ4v) is 3.46. The third kappa shape index (κ3) is 5.92. The van der Waals surface area contributed by atoms with Crippen molar-refractivity contribution in [2.75, 3.05) is 25.6 Å². The Morgan fingerprint density at radius 3 is 2.24 bits per heavy atom. The molecule has 0 bridgehead atoms. The predicted octanol–water partition coefficient (Wildman–Crippen LogP) is 5.57. The lowest BCUT2D eigenvalue weighted by atomic mass is 10.0. The highest BCUT2D eigenvalue weighted by molar-refractivity contribution is 6.04. The Morgan fingerprint density at radius 2 is 1.55 bits per heavy atom. The standard InChI is InChI=1S/C27H30N2O4/c1-5-32-24-16-15-22(18-25(24)33-6-2)27(31)29(4)19(3)21-13-10-14-23(17-21)28-26(30)20-11-8-7-9-12-20/h7-19H,5-6H2,1-4H3,(H,28,30). The van der Waals surface area contributed by atoms with Crippen LogP contribution in [0.2, 0.25) is 0 Å². The average molecular weight is 447 g/mol. The van der Waals surface area contributed by atoms with Gasteiger partial charge in [-0.3, -0.25) is 9.59 Å². The zero-order chi connectivity index (χ0) is 23.8. The molecule has 0 saturated heterocycles. The smallest absolute Gasteiger partial charge is 0.255 e. The molecule has 6 nitrogen and oxygen atoms in total. The van der Waals surface area contributed by atoms with Gasteiger partial charge >= 0.3 is 0 Å². The number of carbonyl (C=O) groups is 2. The predicted molar refractivity (Wildman–Crippen MR) is 130 cm³/mol. The SMILES string of the molecule is CCOc1ccc(C(=O)N(C)C(C)c2cccc(NC(=O)c3ccccc3)c2)cc1OCC. The first-order valence-electron chi connectivity index (χ1n) is 11.1. The van der Waals surface area contributed by atoms with Crippen LogP contribution in [0.3, 0.4) is 0 Å². The fourth-order valence-electron chi connectivity index (χ4n) is 3.46. The Hall–Kier alpha value is -3.80. The topological polar surface area (TPSA) is 67.9 Å². The van der Waals surface area contributed by atoms with E-state index in [1.54, 1.807) is 42.3 Å². The molecule has 0 aliphatic rings. The van der Waals surface area contributed by atoms with Gasteiger partial charge in [-0.25, -0.2) is 0 Å². The van der Waals surface area contributed by atoms with E-state index in [1.165, 1.54) is 0 Å². The van der Waals surface area contributed by atoms with Crippen molar-refractivity contribution in [2.45, 2.75) is 26.8 Å². The summed E-state index contributed by atoms with van der Waals surface area (Å²) in [5, 5.41) is 2.92. The van der Waals surface area contributed by atoms with Gasteiger partial charge in [-0.2, -0.15) is 0 Å². The Labute approximate surface area is 195 Å². The molecule has 0 aliphatic carbocycles. The zero-order valence-electron chi connectivity index (χ0n) is 19.5. The molecule has 3 rings (SSSR count). The van der Waals surface area contributed by atoms with Gasteiger partial charge in [-0.05, 0) is 68.8 Å². The summed E-state index contributed by atoms with van der Waals surface area (Å²) < 4.78 is 11.3. The second-order valence-electron chi connectivity index (χ2n) is 7.57. The highest BCUT2D eigenvalue weighted by Crippen LogP contribution is 2.30. The van der Waals surface area contributed by atoms with Gasteiger partial charge in [0.2, 0.25) is 0 Å². The van der Waals surface area contributed by atoms with Crippen molar-refractivity contribution in [3.8, 4) is 11.5 Å². The Balaban J connectivity index is 1.76. The van der Waals surface area contributed by atoms with Crippen LogP contribution in [0.5, 0.6) is 11.5 Å². The molecule has 2 amide bonds. The third-order valence-corrected chi connectivity index (χ3v) is 5.35. The number of nitrogens with one attached hydrogen (secondary N) is 1. The molecule has 0 aliphatic heterocycles. The maximum atomic E-state index is 13.2. The van der Waals surface area contributed by atoms with Crippen molar-refractivity contribution in [3.05, 3.63) is 89.5 Å². The number of amides is 2. The molecular formula is C27H30N2O4. The number of ether oxygens (including phenoxy) is 2. The van der Waals surface area contributed by atoms with E-state index in [4.69, 9.17) is 9.47 Å². The van der Waals surface area contributed by atoms with Gasteiger partial charge in [-0.1, -0.05) is 30.3 Å². The van der Waals surface area contributed by atoms with Crippen molar-refractivity contribution in [3.63, 3.8) is 0 Å². The summed E-state index contributed by atoms with van der Waals surface area (Å²) in [5.74, 6) is 0.859. The van der Waals surface area contributed by atoms with Crippen LogP contribution in [-0.2, 0) is 0 Å². The van der Waals surface area contributed by atoms with E-state index in [-0.39, 0.29) is 17.9 Å². The summed E-state index contributed by atoms with van der Waals surface area (Å²) >= 11 is 0. The van der Waals surface area contributed by atoms with E-state index in [2.05, 4.69) is 5.32 Å². The molecule has 0 heterocycles. The van der Waals surface area contributed by atoms with Gasteiger partial charge in [-0.15, -0.1) is 0 Å². The number of rotatable bonds is 9. The van der Waals surface area contributed by atoms with Crippen molar-refractivity contribution < 1.29 is 19.1 Å². The van der Waals surface area contributed by atoms with Crippen LogP contribution in [0.15, 0.2) is 72.8 Å². The van der Waals surface area contributed by atoms with E-state index < -0.39 is 0 Å². The molecule has 33 heavy (non-hydrogen) atoms. The van der Waals surface area contributed by atoms with E-state index in [1.807, 2.05) is 63.2 Å². The molecule has 1 N–H and O–H groups in total. The maximum absolute atomic E-state index is 13.2. The summed E-state index contributed by atoms with van der Waals surface area (Å²) in [6, 6.07) is 21.6. The first-order valence-corrected chi connectivity index (χ1v) is 11.1. The Morgan fingerprint density at radius 1 is 0.848 bits per heavy atom. The van der Waals surface area contributed by atoms with Crippen LogP contribution in [0.1, 0.15) is 53.1 Å². The number of hydrogen-bond acceptors (Lipinski definition) is 4. The van der Waals surface area contributed by atoms with Crippen molar-refractivity contribution >= 4 is 17.5 Å². The Bertz CT molecular complexity index is 1100. The zero-order valence-corrected chi connectivity index (χ0v) is 19.5. The largest absolute Gasteiger partial charge is 0.490 e. The minimum atomic E-state index is -0.215. The van der Waals surface area contributed by atoms with Gasteiger partial charge < -0.3 is 19.7 Å². The molecule has 0 spiro atoms. The second-order valence-corrected chi connectivity index (χ2v) is 7.57.